The maximum atomic E-state index is 12.2. The predicted molar refractivity (Wildman–Crippen MR) is 70.9 cm³/mol. The van der Waals surface area contributed by atoms with Crippen LogP contribution in [0, 0.1) is 11.3 Å². The summed E-state index contributed by atoms with van der Waals surface area (Å²) >= 11 is 0. The molecule has 0 unspecified atom stereocenters. The lowest BCUT2D eigenvalue weighted by molar-refractivity contribution is 0.575. The van der Waals surface area contributed by atoms with Gasteiger partial charge in [-0.05, 0) is 19.1 Å². The van der Waals surface area contributed by atoms with Crippen molar-refractivity contribution in [3.63, 3.8) is 0 Å². The first-order valence-corrected chi connectivity index (χ1v) is 7.42. The molecule has 0 spiro atoms. The summed E-state index contributed by atoms with van der Waals surface area (Å²) in [6, 6.07) is 7.91. The van der Waals surface area contributed by atoms with Gasteiger partial charge in [0.25, 0.3) is 0 Å². The fourth-order valence-electron chi connectivity index (χ4n) is 1.71. The van der Waals surface area contributed by atoms with Gasteiger partial charge < -0.3 is 4.57 Å². The van der Waals surface area contributed by atoms with E-state index in [0.29, 0.717) is 12.4 Å². The number of rotatable bonds is 5. The molecule has 2 rings (SSSR count). The van der Waals surface area contributed by atoms with Crippen molar-refractivity contribution in [1.82, 2.24) is 19.5 Å². The Labute approximate surface area is 116 Å². The molecule has 1 aromatic heterocycles. The molecule has 0 aliphatic heterocycles. The van der Waals surface area contributed by atoms with Gasteiger partial charge in [-0.25, -0.2) is 13.1 Å². The molecule has 0 radical (unpaired) electrons. The molecule has 104 valence electrons. The van der Waals surface area contributed by atoms with Crippen molar-refractivity contribution in [2.24, 2.45) is 0 Å². The number of nitriles is 1. The van der Waals surface area contributed by atoms with Crippen molar-refractivity contribution in [3.05, 3.63) is 42.0 Å². The molecule has 7 nitrogen and oxygen atoms in total. The fourth-order valence-corrected chi connectivity index (χ4v) is 2.85. The van der Waals surface area contributed by atoms with Crippen LogP contribution in [0.15, 0.2) is 35.5 Å². The zero-order valence-corrected chi connectivity index (χ0v) is 11.6. The van der Waals surface area contributed by atoms with Crippen LogP contribution in [0.25, 0.3) is 0 Å². The Morgan fingerprint density at radius 3 is 2.85 bits per heavy atom. The number of hydrogen-bond donors (Lipinski definition) is 1. The minimum Gasteiger partial charge on any atom is -0.317 e. The fraction of sp³-hybridized carbons (Fsp3) is 0.250. The SMILES string of the molecule is CCn1cnnc1CNS(=O)(=O)c1ccccc1C#N. The van der Waals surface area contributed by atoms with Crippen LogP contribution in [-0.2, 0) is 23.1 Å². The van der Waals surface area contributed by atoms with Gasteiger partial charge in [0.05, 0.1) is 17.0 Å². The highest BCUT2D eigenvalue weighted by atomic mass is 32.2. The van der Waals surface area contributed by atoms with Gasteiger partial charge in [0.15, 0.2) is 0 Å². The van der Waals surface area contributed by atoms with E-state index in [0.717, 1.165) is 0 Å². The van der Waals surface area contributed by atoms with Gasteiger partial charge in [-0.2, -0.15) is 5.26 Å². The largest absolute Gasteiger partial charge is 0.317 e. The normalized spacial score (nSPS) is 11.2. The molecule has 0 saturated carbocycles. The van der Waals surface area contributed by atoms with Crippen molar-refractivity contribution >= 4 is 10.0 Å². The van der Waals surface area contributed by atoms with Crippen LogP contribution in [0.3, 0.4) is 0 Å². The Hall–Kier alpha value is -2.24. The summed E-state index contributed by atoms with van der Waals surface area (Å²) < 4.78 is 28.5. The van der Waals surface area contributed by atoms with Crippen molar-refractivity contribution in [1.29, 1.82) is 5.26 Å². The van der Waals surface area contributed by atoms with Crippen LogP contribution in [0.2, 0.25) is 0 Å². The Bertz CT molecular complexity index is 745. The average Bonchev–Trinajstić information content (AvgIpc) is 2.92. The third kappa shape index (κ3) is 2.84. The lowest BCUT2D eigenvalue weighted by Crippen LogP contribution is -2.25. The quantitative estimate of drug-likeness (QED) is 0.871. The molecule has 0 bridgehead atoms. The van der Waals surface area contributed by atoms with Crippen LogP contribution in [0.1, 0.15) is 18.3 Å². The van der Waals surface area contributed by atoms with Gasteiger partial charge in [0.1, 0.15) is 18.2 Å². The molecule has 1 heterocycles. The lowest BCUT2D eigenvalue weighted by atomic mass is 10.2. The topological polar surface area (TPSA) is 101 Å². The van der Waals surface area contributed by atoms with Crippen molar-refractivity contribution in [2.75, 3.05) is 0 Å². The second kappa shape index (κ2) is 5.81. The van der Waals surface area contributed by atoms with E-state index in [1.54, 1.807) is 16.7 Å². The Kier molecular flexibility index (Phi) is 4.12. The molecular weight excluding hydrogens is 278 g/mol. The summed E-state index contributed by atoms with van der Waals surface area (Å²) in [5.41, 5.74) is 0.108. The van der Waals surface area contributed by atoms with Crippen LogP contribution in [-0.4, -0.2) is 23.2 Å². The number of nitrogens with zero attached hydrogens (tertiary/aromatic N) is 4. The summed E-state index contributed by atoms with van der Waals surface area (Å²) in [6.07, 6.45) is 1.53. The standard InChI is InChI=1S/C12H13N5O2S/c1-2-17-9-14-16-12(17)8-15-20(18,19)11-6-4-3-5-10(11)7-13/h3-6,9,15H,2,8H2,1H3. The van der Waals surface area contributed by atoms with Crippen LogP contribution in [0.4, 0.5) is 0 Å². The van der Waals surface area contributed by atoms with E-state index in [4.69, 9.17) is 5.26 Å². The summed E-state index contributed by atoms with van der Waals surface area (Å²) in [4.78, 5) is -0.0370. The predicted octanol–water partition coefficient (Wildman–Crippen LogP) is 0.648. The number of nitrogens with one attached hydrogen (secondary N) is 1. The Balaban J connectivity index is 2.22. The van der Waals surface area contributed by atoms with E-state index >= 15 is 0 Å². The van der Waals surface area contributed by atoms with Crippen LogP contribution >= 0.6 is 0 Å². The third-order valence-corrected chi connectivity index (χ3v) is 4.21. The van der Waals surface area contributed by atoms with Crippen molar-refractivity contribution < 1.29 is 8.42 Å². The smallest absolute Gasteiger partial charge is 0.242 e. The maximum absolute atomic E-state index is 12.2. The first kappa shape index (κ1) is 14.2. The highest BCUT2D eigenvalue weighted by Crippen LogP contribution is 2.14. The number of aromatic nitrogens is 3. The molecule has 0 aliphatic rings. The van der Waals surface area contributed by atoms with Crippen LogP contribution < -0.4 is 4.72 Å². The second-order valence-electron chi connectivity index (χ2n) is 3.97. The first-order chi connectivity index (χ1) is 9.58. The zero-order valence-electron chi connectivity index (χ0n) is 10.8. The Morgan fingerprint density at radius 1 is 1.40 bits per heavy atom. The highest BCUT2D eigenvalue weighted by molar-refractivity contribution is 7.89. The highest BCUT2D eigenvalue weighted by Gasteiger charge is 2.18. The minimum atomic E-state index is -3.76. The van der Waals surface area contributed by atoms with E-state index < -0.39 is 10.0 Å². The first-order valence-electron chi connectivity index (χ1n) is 5.94. The molecule has 2 aromatic rings. The minimum absolute atomic E-state index is 0.0237. The molecule has 0 fully saturated rings. The molecule has 20 heavy (non-hydrogen) atoms. The Morgan fingerprint density at radius 2 is 2.15 bits per heavy atom. The second-order valence-corrected chi connectivity index (χ2v) is 5.70. The molecule has 8 heteroatoms. The van der Waals surface area contributed by atoms with Gasteiger partial charge in [-0.1, -0.05) is 12.1 Å². The van der Waals surface area contributed by atoms with Crippen molar-refractivity contribution in [2.45, 2.75) is 24.9 Å². The summed E-state index contributed by atoms with van der Waals surface area (Å²) in [5.74, 6) is 0.519. The summed E-state index contributed by atoms with van der Waals surface area (Å²) in [5, 5.41) is 16.5. The monoisotopic (exact) mass is 291 g/mol. The number of aryl methyl sites for hydroxylation is 1. The number of benzene rings is 1. The summed E-state index contributed by atoms with van der Waals surface area (Å²) in [7, 11) is -3.76. The van der Waals surface area contributed by atoms with Gasteiger partial charge in [-0.3, -0.25) is 0 Å². The average molecular weight is 291 g/mol. The zero-order chi connectivity index (χ0) is 14.6. The van der Waals surface area contributed by atoms with E-state index in [9.17, 15) is 8.42 Å². The van der Waals surface area contributed by atoms with E-state index in [1.807, 2.05) is 13.0 Å². The van der Waals surface area contributed by atoms with Crippen LogP contribution in [0.5, 0.6) is 0 Å². The molecular formula is C12H13N5O2S. The molecule has 0 atom stereocenters. The van der Waals surface area contributed by atoms with Gasteiger partial charge >= 0.3 is 0 Å². The number of hydrogen-bond acceptors (Lipinski definition) is 5. The van der Waals surface area contributed by atoms with Gasteiger partial charge in [0, 0.05) is 6.54 Å². The molecule has 0 amide bonds. The lowest BCUT2D eigenvalue weighted by Gasteiger charge is -2.08. The third-order valence-electron chi connectivity index (χ3n) is 2.75. The molecule has 1 N–H and O–H groups in total. The van der Waals surface area contributed by atoms with Crippen molar-refractivity contribution in [3.8, 4) is 6.07 Å². The molecule has 1 aromatic carbocycles. The number of sulfonamides is 1. The summed E-state index contributed by atoms with van der Waals surface area (Å²) in [6.45, 7) is 2.58. The van der Waals surface area contributed by atoms with E-state index in [-0.39, 0.29) is 17.0 Å². The molecule has 0 aliphatic carbocycles. The van der Waals surface area contributed by atoms with Gasteiger partial charge in [0.2, 0.25) is 10.0 Å². The van der Waals surface area contributed by atoms with Gasteiger partial charge in [-0.15, -0.1) is 10.2 Å². The van der Waals surface area contributed by atoms with E-state index in [1.165, 1.54) is 18.5 Å². The maximum Gasteiger partial charge on any atom is 0.242 e. The molecule has 0 saturated heterocycles. The van der Waals surface area contributed by atoms with E-state index in [2.05, 4.69) is 14.9 Å².